The Labute approximate surface area is 101 Å². The lowest BCUT2D eigenvalue weighted by Crippen LogP contribution is -2.13. The molecule has 2 rings (SSSR count). The van der Waals surface area contributed by atoms with Gasteiger partial charge in [-0.15, -0.1) is 0 Å². The van der Waals surface area contributed by atoms with Gasteiger partial charge in [0, 0.05) is 11.8 Å². The monoisotopic (exact) mass is 232 g/mol. The van der Waals surface area contributed by atoms with Crippen LogP contribution in [0.1, 0.15) is 38.3 Å². The van der Waals surface area contributed by atoms with Crippen LogP contribution in [0.4, 0.5) is 0 Å². The Hall–Kier alpha value is -1.71. The molecule has 0 fully saturated rings. The number of carbonyl (C=O) groups is 1. The number of esters is 1. The van der Waals surface area contributed by atoms with Crippen molar-refractivity contribution < 1.29 is 9.53 Å². The summed E-state index contributed by atoms with van der Waals surface area (Å²) in [6.07, 6.45) is 7.04. The van der Waals surface area contributed by atoms with E-state index in [1.807, 2.05) is 13.0 Å². The third-order valence-corrected chi connectivity index (χ3v) is 2.88. The molecular weight excluding hydrogens is 216 g/mol. The van der Waals surface area contributed by atoms with E-state index in [4.69, 9.17) is 4.74 Å². The predicted molar refractivity (Wildman–Crippen MR) is 64.1 cm³/mol. The van der Waals surface area contributed by atoms with Crippen molar-refractivity contribution >= 4 is 11.5 Å². The summed E-state index contributed by atoms with van der Waals surface area (Å²) in [6.45, 7) is 2.24. The Kier molecular flexibility index (Phi) is 3.85. The van der Waals surface area contributed by atoms with Crippen LogP contribution >= 0.6 is 0 Å². The first-order valence-electron chi connectivity index (χ1n) is 5.98. The molecule has 0 N–H and O–H groups in total. The summed E-state index contributed by atoms with van der Waals surface area (Å²) in [5.41, 5.74) is 2.66. The fourth-order valence-corrected chi connectivity index (χ4v) is 2.10. The lowest BCUT2D eigenvalue weighted by molar-refractivity contribution is -0.138. The van der Waals surface area contributed by atoms with Crippen LogP contribution in [0.15, 0.2) is 24.2 Å². The molecule has 0 aliphatic heterocycles. The first-order valence-corrected chi connectivity index (χ1v) is 5.98. The highest BCUT2D eigenvalue weighted by molar-refractivity contribution is 5.97. The molecule has 0 saturated heterocycles. The van der Waals surface area contributed by atoms with E-state index in [9.17, 15) is 4.79 Å². The number of rotatable bonds is 3. The van der Waals surface area contributed by atoms with Crippen LogP contribution in [0.5, 0.6) is 0 Å². The first-order chi connectivity index (χ1) is 8.33. The molecule has 17 heavy (non-hydrogen) atoms. The maximum Gasteiger partial charge on any atom is 0.334 e. The minimum absolute atomic E-state index is 0.194. The second kappa shape index (κ2) is 5.57. The highest BCUT2D eigenvalue weighted by Gasteiger charge is 2.21. The molecule has 1 aromatic rings. The van der Waals surface area contributed by atoms with Gasteiger partial charge in [0.15, 0.2) is 0 Å². The molecule has 1 aromatic heterocycles. The van der Waals surface area contributed by atoms with Gasteiger partial charge < -0.3 is 4.74 Å². The van der Waals surface area contributed by atoms with Crippen LogP contribution < -0.4 is 0 Å². The molecule has 4 heteroatoms. The second-order valence-electron chi connectivity index (χ2n) is 3.98. The molecule has 1 heterocycles. The predicted octanol–water partition coefficient (Wildman–Crippen LogP) is 2.37. The van der Waals surface area contributed by atoms with Crippen molar-refractivity contribution in [3.8, 4) is 0 Å². The van der Waals surface area contributed by atoms with Crippen LogP contribution in [0.25, 0.3) is 5.57 Å². The highest BCUT2D eigenvalue weighted by atomic mass is 16.5. The third-order valence-electron chi connectivity index (χ3n) is 2.88. The molecule has 0 spiro atoms. The minimum atomic E-state index is -0.194. The van der Waals surface area contributed by atoms with Gasteiger partial charge in [-0.3, -0.25) is 0 Å². The fraction of sp³-hybridized carbons (Fsp3) is 0.462. The van der Waals surface area contributed by atoms with Crippen molar-refractivity contribution in [3.63, 3.8) is 0 Å². The Morgan fingerprint density at radius 3 is 2.94 bits per heavy atom. The Morgan fingerprint density at radius 2 is 2.24 bits per heavy atom. The standard InChI is InChI=1S/C13H16N2O2/c1-2-17-13(16)11-6-4-3-5-10(11)12-7-8-14-9-15-12/h7-9H,2-6H2,1H3. The van der Waals surface area contributed by atoms with Crippen molar-refractivity contribution in [1.82, 2.24) is 9.97 Å². The minimum Gasteiger partial charge on any atom is -0.463 e. The number of ether oxygens (including phenoxy) is 1. The van der Waals surface area contributed by atoms with Crippen LogP contribution in [0.3, 0.4) is 0 Å². The molecule has 0 unspecified atom stereocenters. The summed E-state index contributed by atoms with van der Waals surface area (Å²) in [5.74, 6) is -0.194. The number of aromatic nitrogens is 2. The van der Waals surface area contributed by atoms with E-state index >= 15 is 0 Å². The molecule has 0 amide bonds. The summed E-state index contributed by atoms with van der Waals surface area (Å²) >= 11 is 0. The van der Waals surface area contributed by atoms with Gasteiger partial charge in [0.1, 0.15) is 6.33 Å². The first kappa shape index (κ1) is 11.8. The van der Waals surface area contributed by atoms with Gasteiger partial charge in [-0.25, -0.2) is 14.8 Å². The highest BCUT2D eigenvalue weighted by Crippen LogP contribution is 2.31. The van der Waals surface area contributed by atoms with Crippen LogP contribution in [0, 0.1) is 0 Å². The third kappa shape index (κ3) is 2.70. The average Bonchev–Trinajstić information content (AvgIpc) is 2.40. The quantitative estimate of drug-likeness (QED) is 0.751. The molecular formula is C13H16N2O2. The fourth-order valence-electron chi connectivity index (χ4n) is 2.10. The van der Waals surface area contributed by atoms with Crippen LogP contribution in [-0.2, 0) is 9.53 Å². The number of hydrogen-bond donors (Lipinski definition) is 0. The topological polar surface area (TPSA) is 52.1 Å². The number of allylic oxidation sites excluding steroid dienone is 1. The van der Waals surface area contributed by atoms with Crippen LogP contribution in [0.2, 0.25) is 0 Å². The molecule has 1 aliphatic carbocycles. The largest absolute Gasteiger partial charge is 0.463 e. The van der Waals surface area contributed by atoms with E-state index in [1.165, 1.54) is 6.33 Å². The van der Waals surface area contributed by atoms with Gasteiger partial charge in [-0.2, -0.15) is 0 Å². The number of hydrogen-bond acceptors (Lipinski definition) is 4. The van der Waals surface area contributed by atoms with Gasteiger partial charge in [0.05, 0.1) is 12.3 Å². The zero-order chi connectivity index (χ0) is 12.1. The van der Waals surface area contributed by atoms with Crippen molar-refractivity contribution in [2.75, 3.05) is 6.61 Å². The zero-order valence-electron chi connectivity index (χ0n) is 9.98. The maximum atomic E-state index is 11.9. The van der Waals surface area contributed by atoms with E-state index in [0.717, 1.165) is 42.5 Å². The van der Waals surface area contributed by atoms with Gasteiger partial charge in [-0.1, -0.05) is 0 Å². The Balaban J connectivity index is 2.35. The Morgan fingerprint density at radius 1 is 1.41 bits per heavy atom. The SMILES string of the molecule is CCOC(=O)C1=C(c2ccncn2)CCCC1. The molecule has 0 aromatic carbocycles. The molecule has 1 aliphatic rings. The van der Waals surface area contributed by atoms with E-state index in [2.05, 4.69) is 9.97 Å². The lowest BCUT2D eigenvalue weighted by Gasteiger charge is -2.18. The zero-order valence-corrected chi connectivity index (χ0v) is 9.98. The molecule has 4 nitrogen and oxygen atoms in total. The van der Waals surface area contributed by atoms with Gasteiger partial charge >= 0.3 is 5.97 Å². The molecule has 0 radical (unpaired) electrons. The average molecular weight is 232 g/mol. The second-order valence-corrected chi connectivity index (χ2v) is 3.98. The van der Waals surface area contributed by atoms with E-state index < -0.39 is 0 Å². The Bertz CT molecular complexity index is 426. The molecule has 0 bridgehead atoms. The van der Waals surface area contributed by atoms with Crippen LogP contribution in [-0.4, -0.2) is 22.5 Å². The van der Waals surface area contributed by atoms with Gasteiger partial charge in [-0.05, 0) is 44.2 Å². The summed E-state index contributed by atoms with van der Waals surface area (Å²) in [6, 6.07) is 1.85. The van der Waals surface area contributed by atoms with E-state index in [-0.39, 0.29) is 5.97 Å². The molecule has 0 saturated carbocycles. The molecule has 0 atom stereocenters. The van der Waals surface area contributed by atoms with Crippen molar-refractivity contribution in [1.29, 1.82) is 0 Å². The smallest absolute Gasteiger partial charge is 0.334 e. The number of nitrogens with zero attached hydrogens (tertiary/aromatic N) is 2. The number of carbonyl (C=O) groups excluding carboxylic acids is 1. The summed E-state index contributed by atoms with van der Waals surface area (Å²) in [5, 5.41) is 0. The van der Waals surface area contributed by atoms with Crippen molar-refractivity contribution in [2.45, 2.75) is 32.6 Å². The van der Waals surface area contributed by atoms with Gasteiger partial charge in [0.2, 0.25) is 0 Å². The van der Waals surface area contributed by atoms with E-state index in [1.54, 1.807) is 6.20 Å². The summed E-state index contributed by atoms with van der Waals surface area (Å²) in [7, 11) is 0. The lowest BCUT2D eigenvalue weighted by atomic mass is 9.89. The van der Waals surface area contributed by atoms with Crippen molar-refractivity contribution in [2.24, 2.45) is 0 Å². The maximum absolute atomic E-state index is 11.9. The molecule has 90 valence electrons. The van der Waals surface area contributed by atoms with Crippen molar-refractivity contribution in [3.05, 3.63) is 29.9 Å². The summed E-state index contributed by atoms with van der Waals surface area (Å²) in [4.78, 5) is 20.0. The normalized spacial score (nSPS) is 15.8. The van der Waals surface area contributed by atoms with E-state index in [0.29, 0.717) is 6.61 Å². The summed E-state index contributed by atoms with van der Waals surface area (Å²) < 4.78 is 5.09. The van der Waals surface area contributed by atoms with Gasteiger partial charge in [0.25, 0.3) is 0 Å².